The van der Waals surface area contributed by atoms with E-state index in [1.54, 1.807) is 11.7 Å². The van der Waals surface area contributed by atoms with Gasteiger partial charge in [-0.05, 0) is 49.9 Å². The van der Waals surface area contributed by atoms with Crippen LogP contribution in [0, 0.1) is 0 Å². The number of hydrogen-bond acceptors (Lipinski definition) is 4. The molecular weight excluding hydrogens is 493 g/mol. The zero-order valence-corrected chi connectivity index (χ0v) is 18.9. The summed E-state index contributed by atoms with van der Waals surface area (Å²) in [4.78, 5) is 32.1. The molecule has 154 valence electrons. The average Bonchev–Trinajstić information content (AvgIpc) is 3.32. The predicted molar refractivity (Wildman–Crippen MR) is 126 cm³/mol. The first kappa shape index (κ1) is 19.5. The Balaban J connectivity index is 1.91. The Morgan fingerprint density at radius 1 is 1.07 bits per heavy atom. The number of halogens is 1. The van der Waals surface area contributed by atoms with E-state index in [2.05, 4.69) is 28.9 Å². The van der Waals surface area contributed by atoms with E-state index in [0.717, 1.165) is 55.4 Å². The molecule has 7 heteroatoms. The van der Waals surface area contributed by atoms with Crippen LogP contribution >= 0.6 is 22.9 Å². The summed E-state index contributed by atoms with van der Waals surface area (Å²) >= 11 is 2.17. The Morgan fingerprint density at radius 3 is 2.47 bits per heavy atom. The maximum Gasteiger partial charge on any atom is 0.271 e. The number of methoxy groups -OCH3 is 1. The quantitative estimate of drug-likeness (QED) is 0.504. The fourth-order valence-electron chi connectivity index (χ4n) is 4.61. The average molecular weight is 515 g/mol. The number of fused-ring (bicyclic) bond motifs is 2. The number of hydrogen-bond donors (Lipinski definition) is 0. The van der Waals surface area contributed by atoms with Crippen molar-refractivity contribution in [2.45, 2.75) is 44.4 Å². The van der Waals surface area contributed by atoms with Crippen LogP contribution in [0.15, 0.2) is 33.9 Å². The van der Waals surface area contributed by atoms with Crippen LogP contribution in [0.3, 0.4) is 0 Å². The van der Waals surface area contributed by atoms with E-state index in [1.165, 1.54) is 0 Å². The van der Waals surface area contributed by atoms with Gasteiger partial charge in [0.25, 0.3) is 5.56 Å². The fraction of sp³-hybridized carbons (Fsp3) is 0.348. The molecule has 0 unspecified atom stereocenters. The molecule has 3 aromatic rings. The summed E-state index contributed by atoms with van der Waals surface area (Å²) < 4.78 is 8.80. The van der Waals surface area contributed by atoms with Gasteiger partial charge in [0.1, 0.15) is 17.0 Å². The van der Waals surface area contributed by atoms with E-state index in [0.29, 0.717) is 16.6 Å². The second-order valence-electron chi connectivity index (χ2n) is 7.88. The van der Waals surface area contributed by atoms with E-state index in [-0.39, 0.29) is 22.3 Å². The lowest BCUT2D eigenvalue weighted by molar-refractivity contribution is 0.414. The van der Waals surface area contributed by atoms with Crippen molar-refractivity contribution in [1.29, 1.82) is 0 Å². The molecule has 2 aliphatic carbocycles. The van der Waals surface area contributed by atoms with Crippen molar-refractivity contribution in [1.82, 2.24) is 12.3 Å². The number of pyridine rings is 1. The van der Waals surface area contributed by atoms with Gasteiger partial charge in [-0.15, -0.1) is 0 Å². The molecular formula is C23H22IN3O3. The summed E-state index contributed by atoms with van der Waals surface area (Å²) in [5.41, 5.74) is 0.679. The molecule has 0 amide bonds. The topological polar surface area (TPSA) is 66.1 Å². The first-order chi connectivity index (χ1) is 14.6. The molecule has 2 aliphatic rings. The molecule has 0 atom stereocenters. The predicted octanol–water partition coefficient (Wildman–Crippen LogP) is 2.77. The van der Waals surface area contributed by atoms with Crippen molar-refractivity contribution in [3.05, 3.63) is 61.2 Å². The molecule has 2 aromatic heterocycles. The smallest absolute Gasteiger partial charge is 0.271 e. The largest absolute Gasteiger partial charge is 0.497 e. The summed E-state index contributed by atoms with van der Waals surface area (Å²) in [6.45, 7) is 0. The van der Waals surface area contributed by atoms with Gasteiger partial charge in [0.15, 0.2) is 5.65 Å². The molecule has 5 rings (SSSR count). The van der Waals surface area contributed by atoms with E-state index in [1.807, 2.05) is 33.1 Å². The van der Waals surface area contributed by atoms with Crippen LogP contribution in [0.5, 0.6) is 5.75 Å². The second kappa shape index (κ2) is 7.68. The van der Waals surface area contributed by atoms with Gasteiger partial charge in [-0.1, -0.05) is 25.0 Å². The molecule has 0 N–H and O–H groups in total. The summed E-state index contributed by atoms with van der Waals surface area (Å²) in [6, 6.07) is 7.37. The summed E-state index contributed by atoms with van der Waals surface area (Å²) in [5.74, 6) is 1.68. The fourth-order valence-corrected chi connectivity index (χ4v) is 5.42. The molecule has 0 aliphatic heterocycles. The standard InChI is InChI=1S/C23H22IN3O3/c1-30-16-12-10-15(11-13-16)26-21(14-6-2-3-7-14)25-22-19(23(26)29)20(28)17-8-4-5-9-18(17)27(22)24/h8-14H,2-7H2,1H3. The Labute approximate surface area is 187 Å². The molecule has 1 fully saturated rings. The van der Waals surface area contributed by atoms with E-state index in [4.69, 9.17) is 9.72 Å². The lowest BCUT2D eigenvalue weighted by Gasteiger charge is -2.19. The normalized spacial score (nSPS) is 16.2. The Kier molecular flexibility index (Phi) is 5.00. The molecule has 0 saturated heterocycles. The van der Waals surface area contributed by atoms with Crippen molar-refractivity contribution >= 4 is 46.1 Å². The van der Waals surface area contributed by atoms with Crippen LogP contribution in [0.2, 0.25) is 0 Å². The summed E-state index contributed by atoms with van der Waals surface area (Å²) in [5, 5.41) is 1.62. The molecule has 0 bridgehead atoms. The van der Waals surface area contributed by atoms with Crippen LogP contribution in [-0.2, 0) is 0 Å². The second-order valence-corrected chi connectivity index (χ2v) is 8.85. The van der Waals surface area contributed by atoms with Crippen LogP contribution in [0.4, 0.5) is 0 Å². The lowest BCUT2D eigenvalue weighted by Crippen LogP contribution is -2.47. The summed E-state index contributed by atoms with van der Waals surface area (Å²) in [6.07, 6.45) is 9.97. The lowest BCUT2D eigenvalue weighted by atomic mass is 10.1. The molecule has 1 saturated carbocycles. The number of nitrogens with zero attached hydrogens (tertiary/aromatic N) is 3. The van der Waals surface area contributed by atoms with Crippen LogP contribution < -0.4 is 26.3 Å². The van der Waals surface area contributed by atoms with Crippen LogP contribution in [-0.4, -0.2) is 19.4 Å². The van der Waals surface area contributed by atoms with Gasteiger partial charge in [-0.3, -0.25) is 16.9 Å². The maximum atomic E-state index is 13.8. The van der Waals surface area contributed by atoms with Gasteiger partial charge in [0.2, 0.25) is 5.43 Å². The zero-order valence-electron chi connectivity index (χ0n) is 16.7. The highest BCUT2D eigenvalue weighted by Crippen LogP contribution is 2.34. The van der Waals surface area contributed by atoms with Gasteiger partial charge in [-0.25, -0.2) is 4.98 Å². The third-order valence-corrected chi connectivity index (χ3v) is 7.12. The minimum atomic E-state index is -0.288. The van der Waals surface area contributed by atoms with E-state index in [9.17, 15) is 9.59 Å². The minimum Gasteiger partial charge on any atom is -0.497 e. The van der Waals surface area contributed by atoms with Crippen molar-refractivity contribution in [3.63, 3.8) is 0 Å². The van der Waals surface area contributed by atoms with Gasteiger partial charge in [-0.2, -0.15) is 0 Å². The van der Waals surface area contributed by atoms with Gasteiger partial charge >= 0.3 is 0 Å². The first-order valence-corrected chi connectivity index (χ1v) is 11.3. The first-order valence-electron chi connectivity index (χ1n) is 10.3. The number of ether oxygens (including phenoxy) is 1. The highest BCUT2D eigenvalue weighted by Gasteiger charge is 2.26. The van der Waals surface area contributed by atoms with Crippen LogP contribution in [0.25, 0.3) is 28.9 Å². The summed E-state index contributed by atoms with van der Waals surface area (Å²) in [7, 11) is 1.61. The van der Waals surface area contributed by atoms with Crippen molar-refractivity contribution in [3.8, 4) is 11.4 Å². The molecule has 2 heterocycles. The molecule has 1 aromatic carbocycles. The molecule has 0 spiro atoms. The molecule has 0 radical (unpaired) electrons. The third-order valence-electron chi connectivity index (χ3n) is 6.14. The maximum absolute atomic E-state index is 13.8. The Bertz CT molecular complexity index is 1380. The Hall–Kier alpha value is -2.42. The van der Waals surface area contributed by atoms with E-state index >= 15 is 0 Å². The molecule has 6 nitrogen and oxygen atoms in total. The Morgan fingerprint density at radius 2 is 1.77 bits per heavy atom. The van der Waals surface area contributed by atoms with Crippen LogP contribution in [0.1, 0.15) is 50.3 Å². The minimum absolute atomic E-state index is 0.160. The van der Waals surface area contributed by atoms with E-state index < -0.39 is 0 Å². The van der Waals surface area contributed by atoms with Gasteiger partial charge < -0.3 is 4.74 Å². The SMILES string of the molecule is COc1ccc(-n2c(C3CCCC3)nc3c(c(=O)c4c(n3I)=CCCC=4)c2=O)cc1. The van der Waals surface area contributed by atoms with Crippen molar-refractivity contribution in [2.24, 2.45) is 0 Å². The highest BCUT2D eigenvalue weighted by molar-refractivity contribution is 14.1. The number of aromatic nitrogens is 3. The molecule has 30 heavy (non-hydrogen) atoms. The monoisotopic (exact) mass is 515 g/mol. The highest BCUT2D eigenvalue weighted by atomic mass is 127. The zero-order chi connectivity index (χ0) is 20.8. The number of rotatable bonds is 3. The van der Waals surface area contributed by atoms with Crippen molar-refractivity contribution in [2.75, 3.05) is 7.11 Å². The number of benzene rings is 1. The third kappa shape index (κ3) is 3.02. The van der Waals surface area contributed by atoms with Gasteiger partial charge in [0, 0.05) is 11.1 Å². The van der Waals surface area contributed by atoms with Gasteiger partial charge in [0.05, 0.1) is 41.0 Å². The van der Waals surface area contributed by atoms with Crippen molar-refractivity contribution < 1.29 is 4.74 Å².